The Morgan fingerprint density at radius 2 is 2.21 bits per heavy atom. The fourth-order valence-corrected chi connectivity index (χ4v) is 1.78. The van der Waals surface area contributed by atoms with Crippen molar-refractivity contribution >= 4 is 5.52 Å². The minimum atomic E-state index is -0.184. The summed E-state index contributed by atoms with van der Waals surface area (Å²) in [5.41, 5.74) is 0.385. The van der Waals surface area contributed by atoms with Crippen molar-refractivity contribution in [2.24, 2.45) is 0 Å². The number of hydrogen-bond acceptors (Lipinski definition) is 5. The first kappa shape index (κ1) is 11.6. The van der Waals surface area contributed by atoms with Gasteiger partial charge in [0.1, 0.15) is 18.4 Å². The van der Waals surface area contributed by atoms with Gasteiger partial charge in [-0.2, -0.15) is 5.10 Å². The Hall–Kier alpha value is -2.44. The van der Waals surface area contributed by atoms with Crippen LogP contribution in [0.15, 0.2) is 33.9 Å². The lowest BCUT2D eigenvalue weighted by atomic mass is 10.2. The quantitative estimate of drug-likeness (QED) is 0.702. The Balaban J connectivity index is 1.96. The minimum absolute atomic E-state index is 0.166. The molecule has 3 rings (SSSR count). The smallest absolute Gasteiger partial charge is 0.291 e. The normalized spacial score (nSPS) is 11.5. The van der Waals surface area contributed by atoms with Crippen LogP contribution in [0.25, 0.3) is 5.52 Å². The van der Waals surface area contributed by atoms with Gasteiger partial charge in [-0.05, 0) is 12.1 Å². The Bertz CT molecular complexity index is 768. The van der Waals surface area contributed by atoms with Gasteiger partial charge in [-0.1, -0.05) is 13.8 Å². The predicted molar refractivity (Wildman–Crippen MR) is 66.9 cm³/mol. The van der Waals surface area contributed by atoms with E-state index in [0.717, 1.165) is 0 Å². The highest BCUT2D eigenvalue weighted by molar-refractivity contribution is 5.44. The molecule has 0 aliphatic heterocycles. The average Bonchev–Trinajstić information content (AvgIpc) is 3.01. The number of nitrogens with zero attached hydrogens (tertiary/aromatic N) is 5. The second kappa shape index (κ2) is 4.34. The van der Waals surface area contributed by atoms with E-state index in [-0.39, 0.29) is 18.0 Å². The summed E-state index contributed by atoms with van der Waals surface area (Å²) in [6, 6.07) is 3.54. The van der Waals surface area contributed by atoms with Crippen LogP contribution < -0.4 is 5.56 Å². The fourth-order valence-electron chi connectivity index (χ4n) is 1.78. The van der Waals surface area contributed by atoms with Crippen LogP contribution in [-0.2, 0) is 6.54 Å². The van der Waals surface area contributed by atoms with Crippen LogP contribution in [0.2, 0.25) is 0 Å². The van der Waals surface area contributed by atoms with Crippen molar-refractivity contribution in [3.8, 4) is 0 Å². The fraction of sp³-hybridized carbons (Fsp3) is 0.333. The summed E-state index contributed by atoms with van der Waals surface area (Å²) in [7, 11) is 0. The number of rotatable bonds is 3. The molecule has 3 aromatic rings. The SMILES string of the molecule is CC(C)c1nnc(Cn2ncn3cccc3c2=O)o1. The zero-order chi connectivity index (χ0) is 13.4. The van der Waals surface area contributed by atoms with Crippen LogP contribution in [0.1, 0.15) is 31.5 Å². The van der Waals surface area contributed by atoms with E-state index in [2.05, 4.69) is 15.3 Å². The third-order valence-electron chi connectivity index (χ3n) is 2.81. The molecule has 0 unspecified atom stereocenters. The highest BCUT2D eigenvalue weighted by Gasteiger charge is 2.12. The molecule has 0 aromatic carbocycles. The summed E-state index contributed by atoms with van der Waals surface area (Å²) in [5, 5.41) is 11.9. The zero-order valence-corrected chi connectivity index (χ0v) is 10.6. The van der Waals surface area contributed by atoms with E-state index in [1.165, 1.54) is 4.68 Å². The maximum Gasteiger partial charge on any atom is 0.291 e. The third-order valence-corrected chi connectivity index (χ3v) is 2.81. The van der Waals surface area contributed by atoms with Crippen LogP contribution in [0.4, 0.5) is 0 Å². The monoisotopic (exact) mass is 259 g/mol. The van der Waals surface area contributed by atoms with Crippen molar-refractivity contribution in [2.75, 3.05) is 0 Å². The lowest BCUT2D eigenvalue weighted by Gasteiger charge is -2.01. The van der Waals surface area contributed by atoms with E-state index in [9.17, 15) is 4.79 Å². The standard InChI is InChI=1S/C12H13N5O2/c1-8(2)11-15-14-10(19-11)6-17-12(18)9-4-3-5-16(9)7-13-17/h3-5,7-8H,6H2,1-2H3. The molecular formula is C12H13N5O2. The highest BCUT2D eigenvalue weighted by atomic mass is 16.4. The zero-order valence-electron chi connectivity index (χ0n) is 10.6. The van der Waals surface area contributed by atoms with E-state index >= 15 is 0 Å². The Labute approximate surface area is 108 Å². The van der Waals surface area contributed by atoms with Gasteiger partial charge < -0.3 is 8.82 Å². The molecule has 0 saturated carbocycles. The van der Waals surface area contributed by atoms with E-state index < -0.39 is 0 Å². The molecule has 3 heterocycles. The molecule has 19 heavy (non-hydrogen) atoms. The number of aromatic nitrogens is 5. The second-order valence-electron chi connectivity index (χ2n) is 4.58. The Morgan fingerprint density at radius 3 is 2.95 bits per heavy atom. The average molecular weight is 259 g/mol. The topological polar surface area (TPSA) is 78.2 Å². The van der Waals surface area contributed by atoms with Crippen LogP contribution >= 0.6 is 0 Å². The van der Waals surface area contributed by atoms with Crippen molar-refractivity contribution < 1.29 is 4.42 Å². The predicted octanol–water partition coefficient (Wildman–Crippen LogP) is 1.05. The molecule has 0 radical (unpaired) electrons. The molecule has 7 nitrogen and oxygen atoms in total. The lowest BCUT2D eigenvalue weighted by molar-refractivity contribution is 0.411. The van der Waals surface area contributed by atoms with Gasteiger partial charge in [0.05, 0.1) is 0 Å². The Kier molecular flexibility index (Phi) is 2.66. The van der Waals surface area contributed by atoms with Gasteiger partial charge in [-0.25, -0.2) is 4.68 Å². The highest BCUT2D eigenvalue weighted by Crippen LogP contribution is 2.12. The molecule has 0 aliphatic carbocycles. The van der Waals surface area contributed by atoms with E-state index in [4.69, 9.17) is 4.42 Å². The van der Waals surface area contributed by atoms with Crippen molar-refractivity contribution in [3.05, 3.63) is 46.8 Å². The largest absolute Gasteiger partial charge is 0.423 e. The van der Waals surface area contributed by atoms with E-state index in [0.29, 0.717) is 17.3 Å². The maximum absolute atomic E-state index is 12.1. The van der Waals surface area contributed by atoms with Gasteiger partial charge in [0.2, 0.25) is 11.8 Å². The molecule has 0 spiro atoms. The van der Waals surface area contributed by atoms with Crippen molar-refractivity contribution in [2.45, 2.75) is 26.3 Å². The second-order valence-corrected chi connectivity index (χ2v) is 4.58. The summed E-state index contributed by atoms with van der Waals surface area (Å²) in [6.45, 7) is 4.11. The maximum atomic E-state index is 12.1. The lowest BCUT2D eigenvalue weighted by Crippen LogP contribution is -2.24. The van der Waals surface area contributed by atoms with Gasteiger partial charge >= 0.3 is 0 Å². The number of fused-ring (bicyclic) bond motifs is 1. The van der Waals surface area contributed by atoms with Gasteiger partial charge in [0.25, 0.3) is 5.56 Å². The van der Waals surface area contributed by atoms with Crippen LogP contribution in [-0.4, -0.2) is 24.4 Å². The molecule has 0 atom stereocenters. The first-order valence-electron chi connectivity index (χ1n) is 6.00. The molecule has 0 fully saturated rings. The molecule has 0 saturated heterocycles. The molecule has 0 bridgehead atoms. The number of hydrogen-bond donors (Lipinski definition) is 0. The molecule has 0 aliphatic rings. The molecule has 0 N–H and O–H groups in total. The van der Waals surface area contributed by atoms with E-state index in [1.54, 1.807) is 29.1 Å². The summed E-state index contributed by atoms with van der Waals surface area (Å²) in [6.07, 6.45) is 3.36. The van der Waals surface area contributed by atoms with Crippen molar-refractivity contribution in [1.82, 2.24) is 24.4 Å². The van der Waals surface area contributed by atoms with Gasteiger partial charge in [-0.15, -0.1) is 10.2 Å². The summed E-state index contributed by atoms with van der Waals surface area (Å²) in [4.78, 5) is 12.1. The molecule has 0 amide bonds. The van der Waals surface area contributed by atoms with Gasteiger partial charge in [-0.3, -0.25) is 4.79 Å². The molecular weight excluding hydrogens is 246 g/mol. The van der Waals surface area contributed by atoms with Crippen molar-refractivity contribution in [3.63, 3.8) is 0 Å². The summed E-state index contributed by atoms with van der Waals surface area (Å²) in [5.74, 6) is 1.11. The third kappa shape index (κ3) is 2.03. The van der Waals surface area contributed by atoms with E-state index in [1.807, 2.05) is 13.8 Å². The first-order valence-corrected chi connectivity index (χ1v) is 6.00. The van der Waals surface area contributed by atoms with Crippen LogP contribution in [0.3, 0.4) is 0 Å². The van der Waals surface area contributed by atoms with Crippen molar-refractivity contribution in [1.29, 1.82) is 0 Å². The first-order chi connectivity index (χ1) is 9.15. The minimum Gasteiger partial charge on any atom is -0.423 e. The van der Waals surface area contributed by atoms with Gasteiger partial charge in [0, 0.05) is 12.1 Å². The molecule has 3 aromatic heterocycles. The molecule has 7 heteroatoms. The summed E-state index contributed by atoms with van der Waals surface area (Å²) >= 11 is 0. The molecule has 98 valence electrons. The Morgan fingerprint density at radius 1 is 1.37 bits per heavy atom. The van der Waals surface area contributed by atoms with Gasteiger partial charge in [0.15, 0.2) is 0 Å². The van der Waals surface area contributed by atoms with Crippen LogP contribution in [0, 0.1) is 0 Å². The summed E-state index contributed by atoms with van der Waals surface area (Å²) < 4.78 is 8.45. The van der Waals surface area contributed by atoms with Crippen LogP contribution in [0.5, 0.6) is 0 Å².